The van der Waals surface area contributed by atoms with Crippen molar-refractivity contribution in [2.45, 2.75) is 18.9 Å². The second-order valence-electron chi connectivity index (χ2n) is 4.88. The quantitative estimate of drug-likeness (QED) is 0.814. The van der Waals surface area contributed by atoms with E-state index in [0.29, 0.717) is 11.1 Å². The molecule has 1 saturated heterocycles. The molecule has 0 amide bonds. The van der Waals surface area contributed by atoms with Gasteiger partial charge in [0.15, 0.2) is 0 Å². The molecule has 1 aromatic carbocycles. The largest absolute Gasteiger partial charge is 0.506 e. The van der Waals surface area contributed by atoms with Gasteiger partial charge in [0.1, 0.15) is 5.75 Å². The predicted molar refractivity (Wildman–Crippen MR) is 79.7 cm³/mol. The zero-order valence-corrected chi connectivity index (χ0v) is 11.9. The summed E-state index contributed by atoms with van der Waals surface area (Å²) in [7, 11) is 0. The number of hydrogen-bond acceptors (Lipinski definition) is 3. The standard InChI is InChI=1S/C15H21ClN2O/c1-2-3-4-14(18-9-7-17-8-10-18)12-5-6-15(19)13(16)11-12/h2,5-6,11,14,17,19H,1,3-4,7-10H2/t14-/m1/s1. The van der Waals surface area contributed by atoms with Crippen LogP contribution in [0.1, 0.15) is 24.4 Å². The molecule has 2 N–H and O–H groups in total. The van der Waals surface area contributed by atoms with E-state index in [1.807, 2.05) is 18.2 Å². The third-order valence-electron chi connectivity index (χ3n) is 3.59. The number of benzene rings is 1. The summed E-state index contributed by atoms with van der Waals surface area (Å²) >= 11 is 6.03. The molecule has 0 unspecified atom stereocenters. The van der Waals surface area contributed by atoms with Gasteiger partial charge >= 0.3 is 0 Å². The van der Waals surface area contributed by atoms with E-state index in [1.54, 1.807) is 6.07 Å². The van der Waals surface area contributed by atoms with Gasteiger partial charge in [-0.2, -0.15) is 0 Å². The summed E-state index contributed by atoms with van der Waals surface area (Å²) in [6.07, 6.45) is 3.97. The Labute approximate surface area is 119 Å². The maximum Gasteiger partial charge on any atom is 0.134 e. The summed E-state index contributed by atoms with van der Waals surface area (Å²) in [6.45, 7) is 7.94. The highest BCUT2D eigenvalue weighted by molar-refractivity contribution is 6.32. The summed E-state index contributed by atoms with van der Waals surface area (Å²) in [5.41, 5.74) is 1.17. The number of aromatic hydroxyl groups is 1. The average Bonchev–Trinajstić information content (AvgIpc) is 2.44. The lowest BCUT2D eigenvalue weighted by Gasteiger charge is -2.35. The summed E-state index contributed by atoms with van der Waals surface area (Å²) in [6, 6.07) is 5.88. The molecule has 19 heavy (non-hydrogen) atoms. The lowest BCUT2D eigenvalue weighted by Crippen LogP contribution is -2.45. The molecule has 1 aliphatic rings. The Balaban J connectivity index is 2.19. The number of nitrogens with one attached hydrogen (secondary N) is 1. The molecular weight excluding hydrogens is 260 g/mol. The van der Waals surface area contributed by atoms with Gasteiger partial charge in [0.05, 0.1) is 5.02 Å². The first-order valence-corrected chi connectivity index (χ1v) is 7.14. The van der Waals surface area contributed by atoms with Crippen LogP contribution in [-0.2, 0) is 0 Å². The number of halogens is 1. The monoisotopic (exact) mass is 280 g/mol. The van der Waals surface area contributed by atoms with Crippen LogP contribution in [0.25, 0.3) is 0 Å². The van der Waals surface area contributed by atoms with Gasteiger partial charge in [0, 0.05) is 32.2 Å². The van der Waals surface area contributed by atoms with Crippen LogP contribution in [0.3, 0.4) is 0 Å². The Bertz CT molecular complexity index is 430. The van der Waals surface area contributed by atoms with Gasteiger partial charge < -0.3 is 10.4 Å². The smallest absolute Gasteiger partial charge is 0.134 e. The van der Waals surface area contributed by atoms with Crippen LogP contribution in [0.5, 0.6) is 5.75 Å². The average molecular weight is 281 g/mol. The van der Waals surface area contributed by atoms with Crippen molar-refractivity contribution < 1.29 is 5.11 Å². The predicted octanol–water partition coefficient (Wildman–Crippen LogP) is 2.96. The third kappa shape index (κ3) is 3.72. The van der Waals surface area contributed by atoms with Crippen molar-refractivity contribution >= 4 is 11.6 Å². The van der Waals surface area contributed by atoms with Gasteiger partial charge in [-0.3, -0.25) is 4.90 Å². The van der Waals surface area contributed by atoms with Crippen LogP contribution < -0.4 is 5.32 Å². The van der Waals surface area contributed by atoms with Gasteiger partial charge in [-0.1, -0.05) is 23.7 Å². The molecule has 104 valence electrons. The van der Waals surface area contributed by atoms with Crippen LogP contribution in [0, 0.1) is 0 Å². The Kier molecular flexibility index (Phi) is 5.25. The van der Waals surface area contributed by atoms with Crippen molar-refractivity contribution in [1.82, 2.24) is 10.2 Å². The van der Waals surface area contributed by atoms with Gasteiger partial charge in [-0.05, 0) is 30.5 Å². The molecule has 1 aliphatic heterocycles. The summed E-state index contributed by atoms with van der Waals surface area (Å²) < 4.78 is 0. The van der Waals surface area contributed by atoms with Crippen molar-refractivity contribution in [3.8, 4) is 5.75 Å². The molecule has 3 nitrogen and oxygen atoms in total. The molecule has 4 heteroatoms. The van der Waals surface area contributed by atoms with E-state index in [-0.39, 0.29) is 5.75 Å². The number of piperazine rings is 1. The maximum absolute atomic E-state index is 9.54. The first-order valence-electron chi connectivity index (χ1n) is 6.76. The van der Waals surface area contributed by atoms with Crippen LogP contribution in [0.15, 0.2) is 30.9 Å². The Morgan fingerprint density at radius 1 is 1.42 bits per heavy atom. The number of hydrogen-bond donors (Lipinski definition) is 2. The molecular formula is C15H21ClN2O. The number of rotatable bonds is 5. The SMILES string of the molecule is C=CCC[C@H](c1ccc(O)c(Cl)c1)N1CCNCC1. The Morgan fingerprint density at radius 2 is 2.16 bits per heavy atom. The minimum Gasteiger partial charge on any atom is -0.506 e. The zero-order valence-electron chi connectivity index (χ0n) is 11.1. The van der Waals surface area contributed by atoms with E-state index in [9.17, 15) is 5.11 Å². The molecule has 0 bridgehead atoms. The highest BCUT2D eigenvalue weighted by Gasteiger charge is 2.22. The number of phenols is 1. The Hall–Kier alpha value is -1.03. The molecule has 1 aromatic rings. The Morgan fingerprint density at radius 3 is 2.79 bits per heavy atom. The van der Waals surface area contributed by atoms with E-state index in [4.69, 9.17) is 11.6 Å². The number of phenolic OH excluding ortho intramolecular Hbond substituents is 1. The zero-order chi connectivity index (χ0) is 13.7. The second kappa shape index (κ2) is 6.94. The first-order chi connectivity index (χ1) is 9.22. The van der Waals surface area contributed by atoms with E-state index < -0.39 is 0 Å². The highest BCUT2D eigenvalue weighted by Crippen LogP contribution is 2.31. The topological polar surface area (TPSA) is 35.5 Å². The van der Waals surface area contributed by atoms with E-state index >= 15 is 0 Å². The van der Waals surface area contributed by atoms with Crippen LogP contribution >= 0.6 is 11.6 Å². The molecule has 0 aliphatic carbocycles. The van der Waals surface area contributed by atoms with Crippen molar-refractivity contribution in [2.24, 2.45) is 0 Å². The molecule has 2 rings (SSSR count). The fourth-order valence-corrected chi connectivity index (χ4v) is 2.75. The lowest BCUT2D eigenvalue weighted by molar-refractivity contribution is 0.166. The molecule has 1 atom stereocenters. The molecule has 0 saturated carbocycles. The fourth-order valence-electron chi connectivity index (χ4n) is 2.56. The summed E-state index contributed by atoms with van der Waals surface area (Å²) in [4.78, 5) is 2.47. The minimum atomic E-state index is 0.146. The van der Waals surface area contributed by atoms with E-state index in [0.717, 1.165) is 39.0 Å². The van der Waals surface area contributed by atoms with Crippen molar-refractivity contribution in [1.29, 1.82) is 0 Å². The maximum atomic E-state index is 9.54. The summed E-state index contributed by atoms with van der Waals surface area (Å²) in [5, 5.41) is 13.3. The minimum absolute atomic E-state index is 0.146. The normalized spacial score (nSPS) is 18.2. The molecule has 0 spiro atoms. The third-order valence-corrected chi connectivity index (χ3v) is 3.90. The van der Waals surface area contributed by atoms with Gasteiger partial charge in [0.25, 0.3) is 0 Å². The number of allylic oxidation sites excluding steroid dienone is 1. The van der Waals surface area contributed by atoms with Gasteiger partial charge in [-0.15, -0.1) is 6.58 Å². The van der Waals surface area contributed by atoms with Crippen molar-refractivity contribution in [3.05, 3.63) is 41.4 Å². The first kappa shape index (κ1) is 14.4. The van der Waals surface area contributed by atoms with Gasteiger partial charge in [0.2, 0.25) is 0 Å². The van der Waals surface area contributed by atoms with Crippen molar-refractivity contribution in [2.75, 3.05) is 26.2 Å². The van der Waals surface area contributed by atoms with E-state index in [1.165, 1.54) is 5.56 Å². The molecule has 0 radical (unpaired) electrons. The molecule has 1 fully saturated rings. The molecule has 0 aromatic heterocycles. The lowest BCUT2D eigenvalue weighted by atomic mass is 9.99. The highest BCUT2D eigenvalue weighted by atomic mass is 35.5. The van der Waals surface area contributed by atoms with Crippen LogP contribution in [0.2, 0.25) is 5.02 Å². The molecule has 1 heterocycles. The van der Waals surface area contributed by atoms with Gasteiger partial charge in [-0.25, -0.2) is 0 Å². The van der Waals surface area contributed by atoms with Crippen LogP contribution in [0.4, 0.5) is 0 Å². The van der Waals surface area contributed by atoms with Crippen molar-refractivity contribution in [3.63, 3.8) is 0 Å². The van der Waals surface area contributed by atoms with E-state index in [2.05, 4.69) is 16.8 Å². The second-order valence-corrected chi connectivity index (χ2v) is 5.29. The number of nitrogens with zero attached hydrogens (tertiary/aromatic N) is 1. The van der Waals surface area contributed by atoms with Crippen LogP contribution in [-0.4, -0.2) is 36.2 Å². The fraction of sp³-hybridized carbons (Fsp3) is 0.467. The summed E-state index contributed by atoms with van der Waals surface area (Å²) in [5.74, 6) is 0.146.